The van der Waals surface area contributed by atoms with Crippen molar-refractivity contribution in [3.8, 4) is 0 Å². The first kappa shape index (κ1) is 13.3. The molecule has 0 bridgehead atoms. The molecule has 1 saturated carbocycles. The quantitative estimate of drug-likeness (QED) is 0.723. The molecule has 1 aliphatic carbocycles. The van der Waals surface area contributed by atoms with E-state index in [4.69, 9.17) is 15.2 Å². The fourth-order valence-electron chi connectivity index (χ4n) is 2.84. The van der Waals surface area contributed by atoms with Gasteiger partial charge in [-0.2, -0.15) is 0 Å². The maximum Gasteiger partial charge on any atom is 0.0747 e. The number of rotatable bonds is 7. The maximum absolute atomic E-state index is 5.99. The highest BCUT2D eigenvalue weighted by Crippen LogP contribution is 2.32. The summed E-state index contributed by atoms with van der Waals surface area (Å²) in [4.78, 5) is 2.52. The fraction of sp³-hybridized carbons (Fsp3) is 1.00. The Kier molecular flexibility index (Phi) is 4.79. The van der Waals surface area contributed by atoms with Gasteiger partial charge in [-0.15, -0.1) is 0 Å². The van der Waals surface area contributed by atoms with Crippen LogP contribution in [-0.4, -0.2) is 56.0 Å². The van der Waals surface area contributed by atoms with Gasteiger partial charge in [0.1, 0.15) is 0 Å². The average Bonchev–Trinajstić information content (AvgIpc) is 3.08. The lowest BCUT2D eigenvalue weighted by atomic mass is 10.1. The van der Waals surface area contributed by atoms with Crippen LogP contribution in [0.3, 0.4) is 0 Å². The second kappa shape index (κ2) is 6.14. The molecule has 0 aromatic heterocycles. The Morgan fingerprint density at radius 3 is 2.59 bits per heavy atom. The molecule has 0 spiro atoms. The Hall–Kier alpha value is -0.160. The van der Waals surface area contributed by atoms with Crippen molar-refractivity contribution in [1.29, 1.82) is 0 Å². The molecule has 2 rings (SSSR count). The number of nitrogens with two attached hydrogens (primary N) is 1. The molecule has 3 atom stereocenters. The molecular formula is C13H26N2O2. The molecule has 1 saturated heterocycles. The lowest BCUT2D eigenvalue weighted by Crippen LogP contribution is -2.50. The normalized spacial score (nSPS) is 31.1. The lowest BCUT2D eigenvalue weighted by Gasteiger charge is -2.34. The number of hydrogen-bond acceptors (Lipinski definition) is 4. The summed E-state index contributed by atoms with van der Waals surface area (Å²) in [6.07, 6.45) is 5.67. The predicted octanol–water partition coefficient (Wildman–Crippen LogP) is 0.992. The lowest BCUT2D eigenvalue weighted by molar-refractivity contribution is -0.0131. The molecule has 4 heteroatoms. The molecule has 0 aromatic carbocycles. The van der Waals surface area contributed by atoms with Crippen molar-refractivity contribution < 1.29 is 9.47 Å². The van der Waals surface area contributed by atoms with E-state index in [0.29, 0.717) is 24.8 Å². The van der Waals surface area contributed by atoms with E-state index in [9.17, 15) is 0 Å². The summed E-state index contributed by atoms with van der Waals surface area (Å²) in [5.41, 5.74) is 5.97. The summed E-state index contributed by atoms with van der Waals surface area (Å²) in [6.45, 7) is 4.62. The third kappa shape index (κ3) is 3.41. The molecule has 3 unspecified atom stereocenters. The van der Waals surface area contributed by atoms with Gasteiger partial charge in [-0.3, -0.25) is 4.90 Å². The number of ether oxygens (including phenoxy) is 2. The van der Waals surface area contributed by atoms with Gasteiger partial charge < -0.3 is 15.2 Å². The van der Waals surface area contributed by atoms with Crippen LogP contribution in [0.2, 0.25) is 0 Å². The molecule has 1 aliphatic heterocycles. The minimum atomic E-state index is 0.326. The first-order valence-electron chi connectivity index (χ1n) is 6.86. The average molecular weight is 242 g/mol. The van der Waals surface area contributed by atoms with Gasteiger partial charge >= 0.3 is 0 Å². The molecule has 1 heterocycles. The van der Waals surface area contributed by atoms with E-state index in [-0.39, 0.29) is 0 Å². The summed E-state index contributed by atoms with van der Waals surface area (Å²) >= 11 is 0. The van der Waals surface area contributed by atoms with Crippen LogP contribution in [0.25, 0.3) is 0 Å². The SMILES string of the molecule is COCCN(C1CC1)C(CN)C1CCC(C)O1. The largest absolute Gasteiger partial charge is 0.383 e. The van der Waals surface area contributed by atoms with Gasteiger partial charge in [0.05, 0.1) is 18.8 Å². The van der Waals surface area contributed by atoms with Crippen molar-refractivity contribution in [3.63, 3.8) is 0 Å². The first-order chi connectivity index (χ1) is 8.26. The van der Waals surface area contributed by atoms with Crippen LogP contribution in [-0.2, 0) is 9.47 Å². The van der Waals surface area contributed by atoms with Crippen LogP contribution in [0.15, 0.2) is 0 Å². The molecule has 100 valence electrons. The van der Waals surface area contributed by atoms with Gasteiger partial charge in [0.25, 0.3) is 0 Å². The van der Waals surface area contributed by atoms with Crippen molar-refractivity contribution in [2.75, 3.05) is 26.8 Å². The molecule has 0 radical (unpaired) electrons. The van der Waals surface area contributed by atoms with E-state index in [1.54, 1.807) is 7.11 Å². The highest BCUT2D eigenvalue weighted by Gasteiger charge is 2.39. The summed E-state index contributed by atoms with van der Waals surface area (Å²) in [7, 11) is 1.76. The zero-order chi connectivity index (χ0) is 12.3. The monoisotopic (exact) mass is 242 g/mol. The Morgan fingerprint density at radius 2 is 2.12 bits per heavy atom. The maximum atomic E-state index is 5.99. The predicted molar refractivity (Wildman–Crippen MR) is 68.0 cm³/mol. The third-order valence-electron chi connectivity index (χ3n) is 3.93. The zero-order valence-corrected chi connectivity index (χ0v) is 11.1. The van der Waals surface area contributed by atoms with Crippen LogP contribution in [0.4, 0.5) is 0 Å². The third-order valence-corrected chi connectivity index (χ3v) is 3.93. The molecule has 17 heavy (non-hydrogen) atoms. The summed E-state index contributed by atoms with van der Waals surface area (Å²) in [5, 5.41) is 0. The Balaban J connectivity index is 1.93. The smallest absolute Gasteiger partial charge is 0.0747 e. The van der Waals surface area contributed by atoms with Crippen molar-refractivity contribution in [1.82, 2.24) is 4.90 Å². The zero-order valence-electron chi connectivity index (χ0n) is 11.1. The van der Waals surface area contributed by atoms with Crippen molar-refractivity contribution in [2.45, 2.75) is 56.9 Å². The topological polar surface area (TPSA) is 47.7 Å². The van der Waals surface area contributed by atoms with Gasteiger partial charge in [0, 0.05) is 32.3 Å². The Morgan fingerprint density at radius 1 is 1.35 bits per heavy atom. The summed E-state index contributed by atoms with van der Waals surface area (Å²) < 4.78 is 11.2. The van der Waals surface area contributed by atoms with Gasteiger partial charge in [0.15, 0.2) is 0 Å². The van der Waals surface area contributed by atoms with E-state index in [2.05, 4.69) is 11.8 Å². The molecule has 0 aromatic rings. The van der Waals surface area contributed by atoms with E-state index in [1.165, 1.54) is 19.3 Å². The van der Waals surface area contributed by atoms with Crippen LogP contribution in [0.5, 0.6) is 0 Å². The van der Waals surface area contributed by atoms with Crippen LogP contribution < -0.4 is 5.73 Å². The first-order valence-corrected chi connectivity index (χ1v) is 6.86. The molecule has 0 amide bonds. The molecule has 2 aliphatic rings. The van der Waals surface area contributed by atoms with Crippen LogP contribution in [0, 0.1) is 0 Å². The van der Waals surface area contributed by atoms with Gasteiger partial charge in [-0.25, -0.2) is 0 Å². The fourth-order valence-corrected chi connectivity index (χ4v) is 2.84. The molecule has 2 fully saturated rings. The van der Waals surface area contributed by atoms with Gasteiger partial charge in [-0.1, -0.05) is 0 Å². The second-order valence-corrected chi connectivity index (χ2v) is 5.33. The van der Waals surface area contributed by atoms with E-state index in [1.807, 2.05) is 0 Å². The van der Waals surface area contributed by atoms with Crippen LogP contribution >= 0.6 is 0 Å². The van der Waals surface area contributed by atoms with Crippen LogP contribution in [0.1, 0.15) is 32.6 Å². The second-order valence-electron chi connectivity index (χ2n) is 5.33. The molecule has 2 N–H and O–H groups in total. The number of nitrogens with zero attached hydrogens (tertiary/aromatic N) is 1. The highest BCUT2D eigenvalue weighted by atomic mass is 16.5. The van der Waals surface area contributed by atoms with E-state index >= 15 is 0 Å². The minimum Gasteiger partial charge on any atom is -0.383 e. The van der Waals surface area contributed by atoms with Gasteiger partial charge in [0.2, 0.25) is 0 Å². The highest BCUT2D eigenvalue weighted by molar-refractivity contribution is 4.94. The molecule has 4 nitrogen and oxygen atoms in total. The minimum absolute atomic E-state index is 0.326. The Labute approximate surface area is 104 Å². The standard InChI is InChI=1S/C13H26N2O2/c1-10-3-6-13(17-10)12(9-14)15(7-8-16-2)11-4-5-11/h10-13H,3-9,14H2,1-2H3. The van der Waals surface area contributed by atoms with Crippen molar-refractivity contribution in [2.24, 2.45) is 5.73 Å². The summed E-state index contributed by atoms with van der Waals surface area (Å²) in [6, 6.07) is 1.10. The summed E-state index contributed by atoms with van der Waals surface area (Å²) in [5.74, 6) is 0. The number of methoxy groups -OCH3 is 1. The van der Waals surface area contributed by atoms with Gasteiger partial charge in [-0.05, 0) is 32.6 Å². The Bertz CT molecular complexity index is 233. The van der Waals surface area contributed by atoms with E-state index in [0.717, 1.165) is 25.6 Å². The van der Waals surface area contributed by atoms with Crippen molar-refractivity contribution >= 4 is 0 Å². The molecular weight excluding hydrogens is 216 g/mol. The van der Waals surface area contributed by atoms with E-state index < -0.39 is 0 Å². The van der Waals surface area contributed by atoms with Crippen molar-refractivity contribution in [3.05, 3.63) is 0 Å². The number of hydrogen-bond donors (Lipinski definition) is 1.